The Morgan fingerprint density at radius 2 is 1.77 bits per heavy atom. The first-order valence-corrected chi connectivity index (χ1v) is 5.09. The summed E-state index contributed by atoms with van der Waals surface area (Å²) in [6.45, 7) is 6.00. The molecule has 0 aromatic carbocycles. The van der Waals surface area contributed by atoms with Gasteiger partial charge in [-0.2, -0.15) is 0 Å². The SMILES string of the molecule is CC.C[C@@H]1CC(N(C)C)C[C@H](O)O1. The lowest BCUT2D eigenvalue weighted by Gasteiger charge is -2.34. The molecular weight excluding hydrogens is 166 g/mol. The Hall–Kier alpha value is -0.120. The highest BCUT2D eigenvalue weighted by Gasteiger charge is 2.26. The minimum atomic E-state index is -0.564. The second-order valence-electron chi connectivity index (χ2n) is 3.49. The monoisotopic (exact) mass is 189 g/mol. The molecule has 0 spiro atoms. The van der Waals surface area contributed by atoms with Gasteiger partial charge in [-0.25, -0.2) is 0 Å². The van der Waals surface area contributed by atoms with Crippen LogP contribution in [0, 0.1) is 0 Å². The molecule has 1 aliphatic rings. The summed E-state index contributed by atoms with van der Waals surface area (Å²) in [7, 11) is 4.07. The van der Waals surface area contributed by atoms with Crippen LogP contribution in [-0.2, 0) is 4.74 Å². The molecule has 1 aliphatic heterocycles. The fourth-order valence-corrected chi connectivity index (χ4v) is 1.51. The van der Waals surface area contributed by atoms with E-state index < -0.39 is 6.29 Å². The van der Waals surface area contributed by atoms with Crippen LogP contribution in [0.4, 0.5) is 0 Å². The largest absolute Gasteiger partial charge is 0.368 e. The fourth-order valence-electron chi connectivity index (χ4n) is 1.51. The molecule has 0 bridgehead atoms. The molecule has 1 saturated heterocycles. The van der Waals surface area contributed by atoms with Crippen LogP contribution in [0.1, 0.15) is 33.6 Å². The van der Waals surface area contributed by atoms with Crippen LogP contribution in [0.5, 0.6) is 0 Å². The van der Waals surface area contributed by atoms with Crippen molar-refractivity contribution in [1.29, 1.82) is 0 Å². The molecule has 13 heavy (non-hydrogen) atoms. The molecule has 3 atom stereocenters. The van der Waals surface area contributed by atoms with Gasteiger partial charge in [0.1, 0.15) is 0 Å². The van der Waals surface area contributed by atoms with Gasteiger partial charge in [-0.05, 0) is 27.4 Å². The van der Waals surface area contributed by atoms with Crippen LogP contribution < -0.4 is 0 Å². The van der Waals surface area contributed by atoms with E-state index >= 15 is 0 Å². The average molecular weight is 189 g/mol. The smallest absolute Gasteiger partial charge is 0.156 e. The van der Waals surface area contributed by atoms with Crippen molar-refractivity contribution in [3.05, 3.63) is 0 Å². The van der Waals surface area contributed by atoms with Crippen LogP contribution in [0.25, 0.3) is 0 Å². The minimum Gasteiger partial charge on any atom is -0.368 e. The van der Waals surface area contributed by atoms with E-state index in [1.165, 1.54) is 0 Å². The van der Waals surface area contributed by atoms with Crippen molar-refractivity contribution in [3.63, 3.8) is 0 Å². The van der Waals surface area contributed by atoms with E-state index in [9.17, 15) is 5.11 Å². The molecule has 1 heterocycles. The third-order valence-electron chi connectivity index (χ3n) is 2.20. The summed E-state index contributed by atoms with van der Waals surface area (Å²) >= 11 is 0. The summed E-state index contributed by atoms with van der Waals surface area (Å²) in [5.41, 5.74) is 0. The summed E-state index contributed by atoms with van der Waals surface area (Å²) in [5, 5.41) is 9.25. The molecule has 0 saturated carbocycles. The number of ether oxygens (including phenoxy) is 1. The van der Waals surface area contributed by atoms with Gasteiger partial charge >= 0.3 is 0 Å². The van der Waals surface area contributed by atoms with Gasteiger partial charge in [-0.3, -0.25) is 0 Å². The molecule has 1 fully saturated rings. The Balaban J connectivity index is 0.000000671. The number of aliphatic hydroxyl groups excluding tert-OH is 1. The van der Waals surface area contributed by atoms with Crippen molar-refractivity contribution in [1.82, 2.24) is 4.90 Å². The Morgan fingerprint density at radius 3 is 2.15 bits per heavy atom. The lowest BCUT2D eigenvalue weighted by Crippen LogP contribution is -2.41. The quantitative estimate of drug-likeness (QED) is 0.678. The normalized spacial score (nSPS) is 33.9. The van der Waals surface area contributed by atoms with E-state index in [1.807, 2.05) is 34.9 Å². The number of hydrogen-bond acceptors (Lipinski definition) is 3. The van der Waals surface area contributed by atoms with Gasteiger partial charge < -0.3 is 14.7 Å². The Labute approximate surface area is 81.7 Å². The Morgan fingerprint density at radius 1 is 1.23 bits per heavy atom. The van der Waals surface area contributed by atoms with E-state index in [-0.39, 0.29) is 6.10 Å². The zero-order chi connectivity index (χ0) is 10.4. The molecule has 3 nitrogen and oxygen atoms in total. The van der Waals surface area contributed by atoms with E-state index in [4.69, 9.17) is 4.74 Å². The second-order valence-corrected chi connectivity index (χ2v) is 3.49. The topological polar surface area (TPSA) is 32.7 Å². The molecule has 0 amide bonds. The van der Waals surface area contributed by atoms with E-state index in [0.29, 0.717) is 6.04 Å². The van der Waals surface area contributed by atoms with Crippen molar-refractivity contribution in [2.75, 3.05) is 14.1 Å². The predicted molar refractivity (Wildman–Crippen MR) is 54.6 cm³/mol. The van der Waals surface area contributed by atoms with Gasteiger partial charge in [0.2, 0.25) is 0 Å². The van der Waals surface area contributed by atoms with E-state index in [1.54, 1.807) is 0 Å². The number of nitrogens with zero attached hydrogens (tertiary/aromatic N) is 1. The van der Waals surface area contributed by atoms with Crippen LogP contribution in [-0.4, -0.2) is 42.5 Å². The first kappa shape index (κ1) is 12.9. The molecule has 3 heteroatoms. The molecule has 0 aliphatic carbocycles. The van der Waals surface area contributed by atoms with Crippen LogP contribution in [0.2, 0.25) is 0 Å². The van der Waals surface area contributed by atoms with Gasteiger partial charge in [0.05, 0.1) is 6.10 Å². The van der Waals surface area contributed by atoms with Gasteiger partial charge in [-0.1, -0.05) is 13.8 Å². The molecule has 1 N–H and O–H groups in total. The van der Waals surface area contributed by atoms with Gasteiger partial charge in [-0.15, -0.1) is 0 Å². The molecule has 1 unspecified atom stereocenters. The molecule has 80 valence electrons. The molecule has 0 aromatic rings. The fraction of sp³-hybridized carbons (Fsp3) is 1.00. The maximum absolute atomic E-state index is 9.25. The second kappa shape index (κ2) is 6.35. The van der Waals surface area contributed by atoms with Crippen molar-refractivity contribution in [2.45, 2.75) is 52.0 Å². The van der Waals surface area contributed by atoms with Crippen LogP contribution in [0.3, 0.4) is 0 Å². The summed E-state index contributed by atoms with van der Waals surface area (Å²) < 4.78 is 5.20. The van der Waals surface area contributed by atoms with E-state index in [0.717, 1.165) is 12.8 Å². The molecule has 1 rings (SSSR count). The minimum absolute atomic E-state index is 0.186. The highest BCUT2D eigenvalue weighted by molar-refractivity contribution is 4.75. The number of aliphatic hydroxyl groups is 1. The Bertz CT molecular complexity index is 118. The number of hydrogen-bond donors (Lipinski definition) is 1. The van der Waals surface area contributed by atoms with Gasteiger partial charge in [0, 0.05) is 12.5 Å². The van der Waals surface area contributed by atoms with Crippen LogP contribution >= 0.6 is 0 Å². The molecule has 0 aromatic heterocycles. The van der Waals surface area contributed by atoms with Crippen molar-refractivity contribution >= 4 is 0 Å². The van der Waals surface area contributed by atoms with Crippen molar-refractivity contribution in [2.24, 2.45) is 0 Å². The van der Waals surface area contributed by atoms with Crippen molar-refractivity contribution in [3.8, 4) is 0 Å². The lowest BCUT2D eigenvalue weighted by atomic mass is 10.0. The van der Waals surface area contributed by atoms with E-state index in [2.05, 4.69) is 4.90 Å². The Kier molecular flexibility index (Phi) is 6.29. The summed E-state index contributed by atoms with van der Waals surface area (Å²) in [5.74, 6) is 0. The predicted octanol–water partition coefficient (Wildman–Crippen LogP) is 1.46. The van der Waals surface area contributed by atoms with Crippen molar-refractivity contribution < 1.29 is 9.84 Å². The summed E-state index contributed by atoms with van der Waals surface area (Å²) in [6, 6.07) is 0.466. The summed E-state index contributed by atoms with van der Waals surface area (Å²) in [6.07, 6.45) is 1.37. The van der Waals surface area contributed by atoms with Gasteiger partial charge in [0.25, 0.3) is 0 Å². The maximum atomic E-state index is 9.25. The highest BCUT2D eigenvalue weighted by atomic mass is 16.6. The zero-order valence-corrected chi connectivity index (χ0v) is 9.45. The summed E-state index contributed by atoms with van der Waals surface area (Å²) in [4.78, 5) is 2.14. The lowest BCUT2D eigenvalue weighted by molar-refractivity contribution is -0.172. The number of rotatable bonds is 1. The molecule has 0 radical (unpaired) electrons. The van der Waals surface area contributed by atoms with Gasteiger partial charge in [0.15, 0.2) is 6.29 Å². The maximum Gasteiger partial charge on any atom is 0.156 e. The average Bonchev–Trinajstić information content (AvgIpc) is 2.06. The molecular formula is C10H23NO2. The first-order valence-electron chi connectivity index (χ1n) is 5.09. The van der Waals surface area contributed by atoms with Crippen LogP contribution in [0.15, 0.2) is 0 Å². The zero-order valence-electron chi connectivity index (χ0n) is 9.45. The first-order chi connectivity index (χ1) is 6.09. The highest BCUT2D eigenvalue weighted by Crippen LogP contribution is 2.20. The standard InChI is InChI=1S/C8H17NO2.C2H6/c1-6-4-7(9(2)3)5-8(10)11-6;1-2/h6-8,10H,4-5H2,1-3H3;1-2H3/t6-,7?,8-;/m1./s1. The third-order valence-corrected chi connectivity index (χ3v) is 2.20. The third kappa shape index (κ3) is 4.60.